The van der Waals surface area contributed by atoms with Gasteiger partial charge in [0.05, 0.1) is 6.61 Å². The smallest absolute Gasteiger partial charge is 0.406 e. The van der Waals surface area contributed by atoms with Crippen molar-refractivity contribution in [1.82, 2.24) is 9.55 Å². The van der Waals surface area contributed by atoms with Gasteiger partial charge in [0.2, 0.25) is 0 Å². The second kappa shape index (κ2) is 4.42. The number of phosphoric ester groups is 1. The largest absolute Gasteiger partial charge is 0.527 e. The van der Waals surface area contributed by atoms with E-state index in [0.717, 1.165) is 4.57 Å². The summed E-state index contributed by atoms with van der Waals surface area (Å²) in [6, 6.07) is 0. The predicted molar refractivity (Wildman–Crippen MR) is 64.9 cm³/mol. The Balaban J connectivity index is 1.97. The molecule has 3 heterocycles. The number of hydrogen-bond donors (Lipinski definition) is 2. The molecule has 10 heteroatoms. The lowest BCUT2D eigenvalue weighted by Gasteiger charge is -2.24. The van der Waals surface area contributed by atoms with Crippen LogP contribution in [0.1, 0.15) is 11.8 Å². The van der Waals surface area contributed by atoms with Gasteiger partial charge < -0.3 is 9.26 Å². The highest BCUT2D eigenvalue weighted by Crippen LogP contribution is 2.52. The van der Waals surface area contributed by atoms with E-state index in [1.54, 1.807) is 6.92 Å². The molecule has 0 saturated carbocycles. The highest BCUT2D eigenvalue weighted by molar-refractivity contribution is 7.47. The van der Waals surface area contributed by atoms with Gasteiger partial charge in [-0.1, -0.05) is 0 Å². The summed E-state index contributed by atoms with van der Waals surface area (Å²) in [5.74, 6) is 0.142. The van der Waals surface area contributed by atoms with Crippen molar-refractivity contribution in [3.05, 3.63) is 44.4 Å². The van der Waals surface area contributed by atoms with Crippen LogP contribution in [0.4, 0.5) is 0 Å². The van der Waals surface area contributed by atoms with Gasteiger partial charge in [0.1, 0.15) is 11.9 Å². The highest BCUT2D eigenvalue weighted by Gasteiger charge is 2.41. The van der Waals surface area contributed by atoms with Gasteiger partial charge >= 0.3 is 13.5 Å². The minimum absolute atomic E-state index is 0.142. The molecule has 2 N–H and O–H groups in total. The maximum atomic E-state index is 11.7. The normalized spacial score (nSPS) is 32.4. The number of rotatable bonds is 1. The Morgan fingerprint density at radius 3 is 3.00 bits per heavy atom. The van der Waals surface area contributed by atoms with Crippen molar-refractivity contribution in [3.63, 3.8) is 0 Å². The molecule has 1 aromatic rings. The van der Waals surface area contributed by atoms with Crippen LogP contribution in [0.25, 0.3) is 0 Å². The first-order valence-electron chi connectivity index (χ1n) is 5.72. The van der Waals surface area contributed by atoms with E-state index in [4.69, 9.17) is 9.26 Å². The fourth-order valence-electron chi connectivity index (χ4n) is 1.98. The summed E-state index contributed by atoms with van der Waals surface area (Å²) in [5, 5.41) is 0. The van der Waals surface area contributed by atoms with Crippen LogP contribution in [0.3, 0.4) is 0 Å². The molecule has 108 valence electrons. The minimum atomic E-state index is -4.10. The summed E-state index contributed by atoms with van der Waals surface area (Å²) in [6.45, 7) is 1.40. The zero-order valence-electron chi connectivity index (χ0n) is 10.3. The average molecular weight is 302 g/mol. The van der Waals surface area contributed by atoms with Crippen LogP contribution in [0.5, 0.6) is 0 Å². The van der Waals surface area contributed by atoms with Crippen LogP contribution in [-0.4, -0.2) is 27.2 Å². The number of aromatic amines is 1. The third kappa shape index (κ3) is 2.25. The van der Waals surface area contributed by atoms with E-state index in [9.17, 15) is 19.0 Å². The predicted octanol–water partition coefficient (Wildman–Crippen LogP) is -0.226. The molecule has 0 spiro atoms. The second-order valence-electron chi connectivity index (χ2n) is 4.42. The third-order valence-electron chi connectivity index (χ3n) is 2.96. The molecule has 3 atom stereocenters. The Morgan fingerprint density at radius 1 is 1.50 bits per heavy atom. The first kappa shape index (κ1) is 13.3. The molecule has 0 radical (unpaired) electrons. The van der Waals surface area contributed by atoms with Gasteiger partial charge in [0, 0.05) is 17.8 Å². The minimum Gasteiger partial charge on any atom is -0.406 e. The highest BCUT2D eigenvalue weighted by atomic mass is 31.2. The summed E-state index contributed by atoms with van der Waals surface area (Å²) in [7, 11) is -4.10. The first-order valence-corrected chi connectivity index (χ1v) is 7.21. The summed E-state index contributed by atoms with van der Waals surface area (Å²) in [5.41, 5.74) is -0.783. The van der Waals surface area contributed by atoms with Crippen molar-refractivity contribution in [1.29, 1.82) is 0 Å². The number of nitrogens with zero attached hydrogens (tertiary/aromatic N) is 1. The molecule has 0 amide bonds. The van der Waals surface area contributed by atoms with Gasteiger partial charge in [-0.15, -0.1) is 0 Å². The number of fused-ring (bicyclic) bond motifs is 1. The number of aromatic nitrogens is 2. The summed E-state index contributed by atoms with van der Waals surface area (Å²) < 4.78 is 27.3. The van der Waals surface area contributed by atoms with E-state index in [2.05, 4.69) is 9.51 Å². The molecule has 3 rings (SSSR count). The van der Waals surface area contributed by atoms with Crippen molar-refractivity contribution in [3.8, 4) is 0 Å². The van der Waals surface area contributed by atoms with E-state index >= 15 is 0 Å². The number of ether oxygens (including phenoxy) is 1. The first-order chi connectivity index (χ1) is 9.35. The van der Waals surface area contributed by atoms with Crippen LogP contribution in [-0.2, 0) is 18.3 Å². The molecule has 0 bridgehead atoms. The van der Waals surface area contributed by atoms with Gasteiger partial charge in [0.25, 0.3) is 5.56 Å². The van der Waals surface area contributed by atoms with Crippen molar-refractivity contribution in [2.75, 3.05) is 6.61 Å². The van der Waals surface area contributed by atoms with E-state index in [1.165, 1.54) is 12.3 Å². The molecular formula is C10H11N2O7P. The number of phosphoric acid groups is 1. The zero-order chi connectivity index (χ0) is 14.5. The van der Waals surface area contributed by atoms with Crippen molar-refractivity contribution in [2.45, 2.75) is 19.3 Å². The molecule has 9 nitrogen and oxygen atoms in total. The fraction of sp³-hybridized carbons (Fsp3) is 0.400. The second-order valence-corrected chi connectivity index (χ2v) is 5.80. The molecule has 2 aliphatic heterocycles. The Labute approximate surface area is 112 Å². The van der Waals surface area contributed by atoms with E-state index in [-0.39, 0.29) is 12.4 Å². The summed E-state index contributed by atoms with van der Waals surface area (Å²) in [6.07, 6.45) is 1.25. The Morgan fingerprint density at radius 2 is 2.25 bits per heavy atom. The maximum Gasteiger partial charge on any atom is 0.527 e. The maximum absolute atomic E-state index is 11.7. The topological polar surface area (TPSA) is 120 Å². The van der Waals surface area contributed by atoms with Gasteiger partial charge in [-0.2, -0.15) is 0 Å². The summed E-state index contributed by atoms with van der Waals surface area (Å²) >= 11 is 0. The zero-order valence-corrected chi connectivity index (χ0v) is 11.2. The van der Waals surface area contributed by atoms with Crippen LogP contribution in [0.15, 0.2) is 27.6 Å². The Bertz CT molecular complexity index is 749. The van der Waals surface area contributed by atoms with E-state index in [0.29, 0.717) is 5.56 Å². The third-order valence-corrected chi connectivity index (χ3v) is 3.87. The van der Waals surface area contributed by atoms with Gasteiger partial charge in [-0.3, -0.25) is 23.8 Å². The van der Waals surface area contributed by atoms with Crippen molar-refractivity contribution >= 4 is 7.82 Å². The van der Waals surface area contributed by atoms with Crippen LogP contribution in [0.2, 0.25) is 0 Å². The molecule has 1 fully saturated rings. The fourth-order valence-corrected chi connectivity index (χ4v) is 2.80. The Hall–Kier alpha value is -1.67. The molecule has 2 aliphatic rings. The van der Waals surface area contributed by atoms with Gasteiger partial charge in [-0.25, -0.2) is 9.36 Å². The molecule has 0 aliphatic carbocycles. The molecule has 1 aromatic heterocycles. The van der Waals surface area contributed by atoms with Crippen LogP contribution < -0.4 is 11.2 Å². The van der Waals surface area contributed by atoms with Gasteiger partial charge in [-0.05, 0) is 6.92 Å². The van der Waals surface area contributed by atoms with Gasteiger partial charge in [0.15, 0.2) is 6.23 Å². The molecule has 20 heavy (non-hydrogen) atoms. The Kier molecular flexibility index (Phi) is 2.94. The van der Waals surface area contributed by atoms with E-state index in [1.807, 2.05) is 0 Å². The molecule has 1 unspecified atom stereocenters. The number of aryl methyl sites for hydroxylation is 1. The standard InChI is InChI=1S/C10H11N2O7P/c1-5-3-12(10(14)11-9(5)13)8-2-6-7(18-8)4-17-20(15,16)19-6/h2-3,7-8H,4H2,1H3,(H,15,16)(H,11,13,14)/t7-,8-/m1/s1. The van der Waals surface area contributed by atoms with Crippen molar-refractivity contribution in [2.24, 2.45) is 0 Å². The van der Waals surface area contributed by atoms with Crippen LogP contribution in [0, 0.1) is 6.92 Å². The quantitative estimate of drug-likeness (QED) is 0.688. The lowest BCUT2D eigenvalue weighted by atomic mass is 10.3. The average Bonchev–Trinajstić information content (AvgIpc) is 2.74. The number of hydrogen-bond acceptors (Lipinski definition) is 6. The SMILES string of the molecule is Cc1cn([C@H]2C=C3OP(=O)(O)OC[C@H]3O2)c(=O)[nH]c1=O. The molecule has 1 saturated heterocycles. The van der Waals surface area contributed by atoms with Crippen LogP contribution >= 0.6 is 7.82 Å². The number of nitrogens with one attached hydrogen (secondary N) is 1. The monoisotopic (exact) mass is 302 g/mol. The molecule has 0 aromatic carbocycles. The van der Waals surface area contributed by atoms with Crippen molar-refractivity contribution < 1.29 is 23.2 Å². The lowest BCUT2D eigenvalue weighted by Crippen LogP contribution is -2.34. The lowest BCUT2D eigenvalue weighted by molar-refractivity contribution is -0.0404. The summed E-state index contributed by atoms with van der Waals surface area (Å²) in [4.78, 5) is 34.4. The number of H-pyrrole nitrogens is 1. The molecular weight excluding hydrogens is 291 g/mol. The van der Waals surface area contributed by atoms with E-state index < -0.39 is 31.4 Å².